The summed E-state index contributed by atoms with van der Waals surface area (Å²) in [5.74, 6) is -0.667. The number of nitrogens with one attached hydrogen (secondary N) is 2. The van der Waals surface area contributed by atoms with Crippen molar-refractivity contribution in [1.29, 1.82) is 0 Å². The van der Waals surface area contributed by atoms with Gasteiger partial charge in [-0.2, -0.15) is 18.3 Å². The Morgan fingerprint density at radius 3 is 2.47 bits per heavy atom. The number of amides is 2. The molecule has 0 saturated carbocycles. The normalized spacial score (nSPS) is 11.5. The van der Waals surface area contributed by atoms with E-state index < -0.39 is 23.7 Å². The van der Waals surface area contributed by atoms with Gasteiger partial charge in [-0.3, -0.25) is 10.1 Å². The van der Waals surface area contributed by atoms with Gasteiger partial charge in [-0.1, -0.05) is 54.1 Å². The van der Waals surface area contributed by atoms with E-state index in [2.05, 4.69) is 15.8 Å². The van der Waals surface area contributed by atoms with E-state index in [1.54, 1.807) is 18.2 Å². The number of phenols is 1. The van der Waals surface area contributed by atoms with Crippen molar-refractivity contribution in [1.82, 2.24) is 5.43 Å². The number of benzene rings is 4. The van der Waals surface area contributed by atoms with Crippen molar-refractivity contribution in [3.05, 3.63) is 106 Å². The van der Waals surface area contributed by atoms with Crippen molar-refractivity contribution in [3.63, 3.8) is 0 Å². The molecular weight excluding hydrogens is 523 g/mol. The van der Waals surface area contributed by atoms with E-state index in [0.29, 0.717) is 11.1 Å². The monoisotopic (exact) mass is 541 g/mol. The van der Waals surface area contributed by atoms with Gasteiger partial charge in [0.05, 0.1) is 16.8 Å². The largest absolute Gasteiger partial charge is 0.506 e. The molecule has 0 heterocycles. The van der Waals surface area contributed by atoms with Gasteiger partial charge in [-0.25, -0.2) is 10.2 Å². The van der Waals surface area contributed by atoms with Crippen LogP contribution in [0.5, 0.6) is 5.75 Å². The van der Waals surface area contributed by atoms with Crippen LogP contribution in [0.15, 0.2) is 84.0 Å². The van der Waals surface area contributed by atoms with Gasteiger partial charge in [0.1, 0.15) is 12.4 Å². The highest BCUT2D eigenvalue weighted by Gasteiger charge is 2.30. The van der Waals surface area contributed by atoms with Crippen molar-refractivity contribution < 1.29 is 32.6 Å². The molecule has 0 atom stereocenters. The van der Waals surface area contributed by atoms with Gasteiger partial charge in [0.2, 0.25) is 0 Å². The predicted molar refractivity (Wildman–Crippen MR) is 137 cm³/mol. The molecule has 194 valence electrons. The lowest BCUT2D eigenvalue weighted by molar-refractivity contribution is -0.137. The second kappa shape index (κ2) is 11.2. The summed E-state index contributed by atoms with van der Waals surface area (Å²) in [6, 6.07) is 18.9. The molecule has 0 aliphatic rings. The quantitative estimate of drug-likeness (QED) is 0.186. The molecule has 4 rings (SSSR count). The van der Waals surface area contributed by atoms with Gasteiger partial charge in [0.25, 0.3) is 5.91 Å². The molecule has 0 spiro atoms. The molecule has 0 bridgehead atoms. The number of hydrogen-bond donors (Lipinski definition) is 3. The van der Waals surface area contributed by atoms with E-state index in [-0.39, 0.29) is 28.6 Å². The Morgan fingerprint density at radius 2 is 1.74 bits per heavy atom. The summed E-state index contributed by atoms with van der Waals surface area (Å²) < 4.78 is 43.9. The van der Waals surface area contributed by atoms with Crippen molar-refractivity contribution in [2.75, 3.05) is 5.32 Å². The molecule has 0 aliphatic heterocycles. The van der Waals surface area contributed by atoms with Crippen LogP contribution in [0.2, 0.25) is 5.02 Å². The molecule has 2 amide bonds. The first-order chi connectivity index (χ1) is 18.1. The maximum Gasteiger partial charge on any atom is 0.416 e. The molecule has 3 N–H and O–H groups in total. The third-order valence-corrected chi connectivity index (χ3v) is 5.73. The van der Waals surface area contributed by atoms with Gasteiger partial charge >= 0.3 is 12.3 Å². The lowest BCUT2D eigenvalue weighted by Crippen LogP contribution is -2.17. The summed E-state index contributed by atoms with van der Waals surface area (Å²) in [7, 11) is 0. The summed E-state index contributed by atoms with van der Waals surface area (Å²) in [4.78, 5) is 24.5. The molecule has 0 fully saturated rings. The van der Waals surface area contributed by atoms with Crippen LogP contribution in [0.4, 0.5) is 23.7 Å². The Kier molecular flexibility index (Phi) is 7.82. The Labute approximate surface area is 219 Å². The highest BCUT2D eigenvalue weighted by molar-refractivity contribution is 6.32. The second-order valence-corrected chi connectivity index (χ2v) is 8.41. The van der Waals surface area contributed by atoms with Gasteiger partial charge in [0, 0.05) is 16.8 Å². The molecule has 11 heteroatoms. The average molecular weight is 542 g/mol. The molecule has 0 aromatic heterocycles. The third-order valence-electron chi connectivity index (χ3n) is 5.42. The highest BCUT2D eigenvalue weighted by Crippen LogP contribution is 2.31. The molecular formula is C27H19ClF3N3O4. The van der Waals surface area contributed by atoms with Crippen LogP contribution in [0, 0.1) is 0 Å². The molecule has 0 radical (unpaired) electrons. The fraction of sp³-hybridized carbons (Fsp3) is 0.0741. The SMILES string of the molecule is O=C(Nc1cccc(C(F)(F)F)c1)OCc1ccc(C=NNC(=O)c2ccc(O)c(Cl)c2)c2ccccc12. The fourth-order valence-electron chi connectivity index (χ4n) is 3.57. The summed E-state index contributed by atoms with van der Waals surface area (Å²) in [5, 5.41) is 17.3. The first-order valence-corrected chi connectivity index (χ1v) is 11.4. The molecule has 4 aromatic rings. The minimum atomic E-state index is -4.53. The summed E-state index contributed by atoms with van der Waals surface area (Å²) in [5.41, 5.74) is 3.00. The van der Waals surface area contributed by atoms with Crippen LogP contribution < -0.4 is 10.7 Å². The van der Waals surface area contributed by atoms with Crippen molar-refractivity contribution >= 4 is 46.3 Å². The van der Waals surface area contributed by atoms with Crippen LogP contribution in [0.3, 0.4) is 0 Å². The Morgan fingerprint density at radius 1 is 0.974 bits per heavy atom. The molecule has 4 aromatic carbocycles. The first kappa shape index (κ1) is 26.5. The summed E-state index contributed by atoms with van der Waals surface area (Å²) >= 11 is 5.83. The minimum Gasteiger partial charge on any atom is -0.506 e. The zero-order valence-corrected chi connectivity index (χ0v) is 20.2. The number of carbonyl (C=O) groups excluding carboxylic acids is 2. The predicted octanol–water partition coefficient (Wildman–Crippen LogP) is 6.73. The number of fused-ring (bicyclic) bond motifs is 1. The Bertz CT molecular complexity index is 1540. The summed E-state index contributed by atoms with van der Waals surface area (Å²) in [6.45, 7) is -0.138. The number of nitrogens with zero attached hydrogens (tertiary/aromatic N) is 1. The number of halogens is 4. The lowest BCUT2D eigenvalue weighted by atomic mass is 10.0. The van der Waals surface area contributed by atoms with E-state index >= 15 is 0 Å². The van der Waals surface area contributed by atoms with Crippen LogP contribution in [-0.4, -0.2) is 23.3 Å². The Hall–Kier alpha value is -4.57. The topological polar surface area (TPSA) is 100 Å². The maximum absolute atomic E-state index is 12.9. The summed E-state index contributed by atoms with van der Waals surface area (Å²) in [6.07, 6.45) is -3.99. The smallest absolute Gasteiger partial charge is 0.416 e. The second-order valence-electron chi connectivity index (χ2n) is 8.00. The van der Waals surface area contributed by atoms with E-state index in [0.717, 1.165) is 22.9 Å². The number of alkyl halides is 3. The minimum absolute atomic E-state index is 0.0361. The number of carbonyl (C=O) groups is 2. The van der Waals surface area contributed by atoms with Crippen molar-refractivity contribution in [2.24, 2.45) is 5.10 Å². The molecule has 38 heavy (non-hydrogen) atoms. The van der Waals surface area contributed by atoms with Crippen molar-refractivity contribution in [2.45, 2.75) is 12.8 Å². The number of rotatable bonds is 6. The van der Waals surface area contributed by atoms with E-state index in [4.69, 9.17) is 16.3 Å². The Balaban J connectivity index is 1.43. The lowest BCUT2D eigenvalue weighted by Gasteiger charge is -2.12. The van der Waals surface area contributed by atoms with Crippen LogP contribution in [0.1, 0.15) is 27.0 Å². The number of ether oxygens (including phenoxy) is 1. The molecule has 0 unspecified atom stereocenters. The number of aromatic hydroxyl groups is 1. The third kappa shape index (κ3) is 6.40. The molecule has 7 nitrogen and oxygen atoms in total. The average Bonchev–Trinajstić information content (AvgIpc) is 2.89. The fourth-order valence-corrected chi connectivity index (χ4v) is 3.75. The van der Waals surface area contributed by atoms with Crippen LogP contribution in [0.25, 0.3) is 10.8 Å². The zero-order chi connectivity index (χ0) is 27.3. The maximum atomic E-state index is 12.9. The first-order valence-electron chi connectivity index (χ1n) is 11.1. The van der Waals surface area contributed by atoms with E-state index in [1.807, 2.05) is 18.2 Å². The van der Waals surface area contributed by atoms with Gasteiger partial charge in [0.15, 0.2) is 0 Å². The van der Waals surface area contributed by atoms with Gasteiger partial charge < -0.3 is 9.84 Å². The zero-order valence-electron chi connectivity index (χ0n) is 19.4. The highest BCUT2D eigenvalue weighted by atomic mass is 35.5. The number of hydrogen-bond acceptors (Lipinski definition) is 5. The van der Waals surface area contributed by atoms with Crippen LogP contribution >= 0.6 is 11.6 Å². The number of anilines is 1. The molecule has 0 aliphatic carbocycles. The number of phenolic OH excluding ortho intramolecular Hbond substituents is 1. The van der Waals surface area contributed by atoms with E-state index in [9.17, 15) is 27.9 Å². The number of hydrazone groups is 1. The molecule has 0 saturated heterocycles. The van der Waals surface area contributed by atoms with Gasteiger partial charge in [-0.15, -0.1) is 0 Å². The van der Waals surface area contributed by atoms with E-state index in [1.165, 1.54) is 36.5 Å². The van der Waals surface area contributed by atoms with Crippen molar-refractivity contribution in [3.8, 4) is 5.75 Å². The van der Waals surface area contributed by atoms with Crippen LogP contribution in [-0.2, 0) is 17.5 Å². The van der Waals surface area contributed by atoms with Gasteiger partial charge in [-0.05, 0) is 52.7 Å². The standard InChI is InChI=1S/C27H19ClF3N3O4/c28-23-12-16(10-11-24(23)35)25(36)34-32-14-17-8-9-18(22-7-2-1-6-21(17)22)15-38-26(37)33-20-5-3-4-19(13-20)27(29,30)31/h1-14,35H,15H2,(H,33,37)(H,34,36).